The second-order valence-electron chi connectivity index (χ2n) is 6.75. The molecule has 0 aliphatic carbocycles. The van der Waals surface area contributed by atoms with Crippen molar-refractivity contribution in [2.24, 2.45) is 0 Å². The van der Waals surface area contributed by atoms with Crippen molar-refractivity contribution in [1.82, 2.24) is 4.90 Å². The summed E-state index contributed by atoms with van der Waals surface area (Å²) in [6.45, 7) is 4.63. The molecule has 1 aliphatic rings. The number of hydrogen-bond acceptors (Lipinski definition) is 2. The lowest BCUT2D eigenvalue weighted by molar-refractivity contribution is 0.266. The maximum absolute atomic E-state index is 6.11. The van der Waals surface area contributed by atoms with Crippen LogP contribution in [0.2, 0.25) is 5.02 Å². The smallest absolute Gasteiger partial charge is 0.134 e. The highest BCUT2D eigenvalue weighted by Crippen LogP contribution is 2.28. The van der Waals surface area contributed by atoms with Gasteiger partial charge in [-0.15, -0.1) is 0 Å². The van der Waals surface area contributed by atoms with E-state index < -0.39 is 0 Å². The van der Waals surface area contributed by atoms with Gasteiger partial charge in [-0.3, -0.25) is 0 Å². The minimum atomic E-state index is 0.712. The molecule has 2 heterocycles. The third kappa shape index (κ3) is 3.22. The number of furan rings is 1. The molecule has 24 heavy (non-hydrogen) atoms. The molecule has 1 unspecified atom stereocenters. The van der Waals surface area contributed by atoms with E-state index in [9.17, 15) is 0 Å². The SMILES string of the molecule is CC1CCCN1CCc1cc2cc(-c3cccc(Cl)c3)ccc2o1. The summed E-state index contributed by atoms with van der Waals surface area (Å²) in [6.07, 6.45) is 3.62. The monoisotopic (exact) mass is 339 g/mol. The highest BCUT2D eigenvalue weighted by molar-refractivity contribution is 6.30. The van der Waals surface area contributed by atoms with Gasteiger partial charge in [-0.25, -0.2) is 0 Å². The van der Waals surface area contributed by atoms with Crippen LogP contribution in [0.25, 0.3) is 22.1 Å². The van der Waals surface area contributed by atoms with Gasteiger partial charge in [0.2, 0.25) is 0 Å². The number of halogens is 1. The van der Waals surface area contributed by atoms with E-state index in [1.165, 1.54) is 24.9 Å². The molecule has 0 amide bonds. The summed E-state index contributed by atoms with van der Waals surface area (Å²) in [4.78, 5) is 2.56. The average molecular weight is 340 g/mol. The molecular formula is C21H22ClNO. The standard InChI is InChI=1S/C21H22ClNO/c1-15-4-3-10-23(15)11-9-20-14-18-12-17(7-8-21(18)24-20)16-5-2-6-19(22)13-16/h2,5-8,12-15H,3-4,9-11H2,1H3. The molecule has 1 aromatic heterocycles. The van der Waals surface area contributed by atoms with Gasteiger partial charge in [0.05, 0.1) is 0 Å². The van der Waals surface area contributed by atoms with E-state index in [2.05, 4.69) is 42.2 Å². The van der Waals surface area contributed by atoms with Crippen LogP contribution in [0.3, 0.4) is 0 Å². The topological polar surface area (TPSA) is 16.4 Å². The lowest BCUT2D eigenvalue weighted by Crippen LogP contribution is -2.28. The van der Waals surface area contributed by atoms with Gasteiger partial charge in [0, 0.05) is 29.4 Å². The van der Waals surface area contributed by atoms with Crippen molar-refractivity contribution >= 4 is 22.6 Å². The molecule has 3 heteroatoms. The fraction of sp³-hybridized carbons (Fsp3) is 0.333. The first-order valence-electron chi connectivity index (χ1n) is 8.71. The fourth-order valence-corrected chi connectivity index (χ4v) is 3.84. The van der Waals surface area contributed by atoms with E-state index in [1.54, 1.807) is 0 Å². The predicted octanol–water partition coefficient (Wildman–Crippen LogP) is 5.78. The van der Waals surface area contributed by atoms with Gasteiger partial charge in [0.15, 0.2) is 0 Å². The Kier molecular flexibility index (Phi) is 4.34. The molecule has 1 saturated heterocycles. The van der Waals surface area contributed by atoms with Gasteiger partial charge in [-0.05, 0) is 67.8 Å². The summed E-state index contributed by atoms with van der Waals surface area (Å²) >= 11 is 6.11. The van der Waals surface area contributed by atoms with Crippen molar-refractivity contribution in [2.75, 3.05) is 13.1 Å². The Morgan fingerprint density at radius 2 is 2.00 bits per heavy atom. The minimum Gasteiger partial charge on any atom is -0.461 e. The highest BCUT2D eigenvalue weighted by Gasteiger charge is 2.20. The summed E-state index contributed by atoms with van der Waals surface area (Å²) in [5, 5.41) is 1.93. The molecule has 124 valence electrons. The van der Waals surface area contributed by atoms with Crippen molar-refractivity contribution in [3.05, 3.63) is 59.3 Å². The Hall–Kier alpha value is -1.77. The molecule has 0 bridgehead atoms. The zero-order valence-electron chi connectivity index (χ0n) is 14.0. The van der Waals surface area contributed by atoms with Crippen LogP contribution >= 0.6 is 11.6 Å². The van der Waals surface area contributed by atoms with Gasteiger partial charge in [-0.1, -0.05) is 29.8 Å². The fourth-order valence-electron chi connectivity index (χ4n) is 3.65. The summed E-state index contributed by atoms with van der Waals surface area (Å²) in [7, 11) is 0. The summed E-state index contributed by atoms with van der Waals surface area (Å²) in [5.41, 5.74) is 3.27. The molecule has 1 aliphatic heterocycles. The molecular weight excluding hydrogens is 318 g/mol. The second-order valence-corrected chi connectivity index (χ2v) is 7.19. The average Bonchev–Trinajstić information content (AvgIpc) is 3.17. The Labute approximate surface area is 148 Å². The zero-order valence-corrected chi connectivity index (χ0v) is 14.7. The summed E-state index contributed by atoms with van der Waals surface area (Å²) in [6, 6.07) is 17.2. The summed E-state index contributed by atoms with van der Waals surface area (Å²) < 4.78 is 6.02. The maximum atomic E-state index is 6.11. The van der Waals surface area contributed by atoms with Gasteiger partial charge in [-0.2, -0.15) is 0 Å². The van der Waals surface area contributed by atoms with E-state index in [0.29, 0.717) is 6.04 Å². The molecule has 2 aromatic carbocycles. The Morgan fingerprint density at radius 1 is 1.12 bits per heavy atom. The van der Waals surface area contributed by atoms with Gasteiger partial charge in [0.1, 0.15) is 11.3 Å². The third-order valence-electron chi connectivity index (χ3n) is 5.06. The molecule has 0 radical (unpaired) electrons. The number of rotatable bonds is 4. The van der Waals surface area contributed by atoms with Crippen molar-refractivity contribution in [1.29, 1.82) is 0 Å². The maximum Gasteiger partial charge on any atom is 0.134 e. The van der Waals surface area contributed by atoms with Gasteiger partial charge in [0.25, 0.3) is 0 Å². The normalized spacial score (nSPS) is 18.5. The number of hydrogen-bond donors (Lipinski definition) is 0. The van der Waals surface area contributed by atoms with E-state index in [1.807, 2.05) is 18.2 Å². The van der Waals surface area contributed by atoms with Crippen LogP contribution in [0.15, 0.2) is 52.9 Å². The number of benzene rings is 2. The predicted molar refractivity (Wildman–Crippen MR) is 101 cm³/mol. The number of likely N-dealkylation sites (tertiary alicyclic amines) is 1. The van der Waals surface area contributed by atoms with Crippen LogP contribution in [-0.4, -0.2) is 24.0 Å². The van der Waals surface area contributed by atoms with Crippen LogP contribution < -0.4 is 0 Å². The molecule has 1 fully saturated rings. The van der Waals surface area contributed by atoms with Crippen LogP contribution in [0.5, 0.6) is 0 Å². The van der Waals surface area contributed by atoms with E-state index in [0.717, 1.165) is 40.3 Å². The molecule has 0 saturated carbocycles. The van der Waals surface area contributed by atoms with Crippen molar-refractivity contribution in [3.63, 3.8) is 0 Å². The zero-order chi connectivity index (χ0) is 16.5. The number of fused-ring (bicyclic) bond motifs is 1. The lowest BCUT2D eigenvalue weighted by Gasteiger charge is -2.19. The lowest BCUT2D eigenvalue weighted by atomic mass is 10.0. The Balaban J connectivity index is 1.55. The molecule has 0 N–H and O–H groups in total. The van der Waals surface area contributed by atoms with Crippen LogP contribution in [0.1, 0.15) is 25.5 Å². The van der Waals surface area contributed by atoms with E-state index in [-0.39, 0.29) is 0 Å². The Bertz CT molecular complexity index is 854. The van der Waals surface area contributed by atoms with Crippen LogP contribution in [0, 0.1) is 0 Å². The van der Waals surface area contributed by atoms with Crippen molar-refractivity contribution in [3.8, 4) is 11.1 Å². The van der Waals surface area contributed by atoms with Gasteiger partial charge >= 0.3 is 0 Å². The molecule has 3 aromatic rings. The summed E-state index contributed by atoms with van der Waals surface area (Å²) in [5.74, 6) is 1.08. The minimum absolute atomic E-state index is 0.712. The quantitative estimate of drug-likeness (QED) is 0.599. The molecule has 4 rings (SSSR count). The molecule has 0 spiro atoms. The third-order valence-corrected chi connectivity index (χ3v) is 5.30. The number of nitrogens with zero attached hydrogens (tertiary/aromatic N) is 1. The first-order chi connectivity index (χ1) is 11.7. The largest absolute Gasteiger partial charge is 0.461 e. The van der Waals surface area contributed by atoms with E-state index >= 15 is 0 Å². The Morgan fingerprint density at radius 3 is 2.79 bits per heavy atom. The van der Waals surface area contributed by atoms with Crippen LogP contribution in [-0.2, 0) is 6.42 Å². The van der Waals surface area contributed by atoms with E-state index in [4.69, 9.17) is 16.0 Å². The van der Waals surface area contributed by atoms with Crippen LogP contribution in [0.4, 0.5) is 0 Å². The first kappa shape index (κ1) is 15.7. The van der Waals surface area contributed by atoms with Gasteiger partial charge < -0.3 is 9.32 Å². The first-order valence-corrected chi connectivity index (χ1v) is 9.09. The highest BCUT2D eigenvalue weighted by atomic mass is 35.5. The van der Waals surface area contributed by atoms with Crippen molar-refractivity contribution < 1.29 is 4.42 Å². The molecule has 1 atom stereocenters. The molecule has 2 nitrogen and oxygen atoms in total. The second kappa shape index (κ2) is 6.62. The van der Waals surface area contributed by atoms with Crippen molar-refractivity contribution in [2.45, 2.75) is 32.2 Å².